The van der Waals surface area contributed by atoms with Gasteiger partial charge in [0, 0.05) is 30.5 Å². The van der Waals surface area contributed by atoms with E-state index in [-0.39, 0.29) is 11.7 Å². The highest BCUT2D eigenvalue weighted by Crippen LogP contribution is 2.14. The number of hydrogen-bond donors (Lipinski definition) is 2. The summed E-state index contributed by atoms with van der Waals surface area (Å²) in [6.45, 7) is 2.10. The Balaban J connectivity index is 1.67. The van der Waals surface area contributed by atoms with E-state index in [4.69, 9.17) is 4.42 Å². The molecule has 2 heterocycles. The largest absolute Gasteiger partial charge is 0.469 e. The molecular weight excluding hydrogens is 266 g/mol. The summed E-state index contributed by atoms with van der Waals surface area (Å²) in [6, 6.07) is 11.9. The third-order valence-corrected chi connectivity index (χ3v) is 3.30. The number of imidazole rings is 1. The monoisotopic (exact) mass is 283 g/mol. The van der Waals surface area contributed by atoms with Crippen LogP contribution in [0.25, 0.3) is 5.69 Å². The minimum absolute atomic E-state index is 0.137. The number of benzene rings is 1. The summed E-state index contributed by atoms with van der Waals surface area (Å²) in [5.41, 5.74) is 1.72. The molecule has 108 valence electrons. The first-order valence-corrected chi connectivity index (χ1v) is 6.88. The fraction of sp³-hybridized carbons (Fsp3) is 0.188. The summed E-state index contributed by atoms with van der Waals surface area (Å²) in [5.74, 6) is 0.963. The van der Waals surface area contributed by atoms with Crippen LogP contribution < -0.4 is 11.0 Å². The van der Waals surface area contributed by atoms with Gasteiger partial charge in [0.05, 0.1) is 12.0 Å². The molecule has 3 rings (SSSR count). The number of aromatic amines is 1. The van der Waals surface area contributed by atoms with Gasteiger partial charge in [-0.1, -0.05) is 0 Å². The van der Waals surface area contributed by atoms with E-state index in [9.17, 15) is 4.79 Å². The topological polar surface area (TPSA) is 63.0 Å². The van der Waals surface area contributed by atoms with E-state index in [0.29, 0.717) is 0 Å². The SMILES string of the molecule is CC(Cc1ccco1)Nc1ccc(-n2cc[nH]c2=O)cc1. The number of H-pyrrole nitrogens is 1. The molecule has 0 saturated carbocycles. The van der Waals surface area contributed by atoms with Gasteiger partial charge in [0.1, 0.15) is 5.76 Å². The molecule has 0 spiro atoms. The van der Waals surface area contributed by atoms with Crippen LogP contribution in [-0.4, -0.2) is 15.6 Å². The van der Waals surface area contributed by atoms with E-state index in [1.807, 2.05) is 36.4 Å². The normalized spacial score (nSPS) is 12.2. The first kappa shape index (κ1) is 13.3. The first-order chi connectivity index (χ1) is 10.2. The van der Waals surface area contributed by atoms with E-state index in [0.717, 1.165) is 23.6 Å². The lowest BCUT2D eigenvalue weighted by atomic mass is 10.2. The van der Waals surface area contributed by atoms with Gasteiger partial charge in [-0.3, -0.25) is 4.57 Å². The Hall–Kier alpha value is -2.69. The zero-order chi connectivity index (χ0) is 14.7. The molecule has 0 amide bonds. The van der Waals surface area contributed by atoms with E-state index < -0.39 is 0 Å². The standard InChI is InChI=1S/C16H17N3O2/c1-12(11-15-3-2-10-21-15)18-13-4-6-14(7-5-13)19-9-8-17-16(19)20/h2-10,12,18H,11H2,1H3,(H,17,20). The molecule has 21 heavy (non-hydrogen) atoms. The highest BCUT2D eigenvalue weighted by molar-refractivity contribution is 5.49. The average Bonchev–Trinajstić information content (AvgIpc) is 3.11. The van der Waals surface area contributed by atoms with Gasteiger partial charge in [0.15, 0.2) is 0 Å². The lowest BCUT2D eigenvalue weighted by molar-refractivity contribution is 0.498. The van der Waals surface area contributed by atoms with Crippen molar-refractivity contribution in [3.05, 3.63) is 71.3 Å². The van der Waals surface area contributed by atoms with Gasteiger partial charge in [-0.15, -0.1) is 0 Å². The van der Waals surface area contributed by atoms with E-state index in [1.165, 1.54) is 0 Å². The van der Waals surface area contributed by atoms with Crippen LogP contribution in [0.2, 0.25) is 0 Å². The molecule has 3 aromatic rings. The van der Waals surface area contributed by atoms with Gasteiger partial charge in [-0.2, -0.15) is 0 Å². The fourth-order valence-corrected chi connectivity index (χ4v) is 2.31. The molecule has 5 nitrogen and oxygen atoms in total. The van der Waals surface area contributed by atoms with Crippen molar-refractivity contribution in [1.82, 2.24) is 9.55 Å². The van der Waals surface area contributed by atoms with Crippen molar-refractivity contribution < 1.29 is 4.42 Å². The predicted octanol–water partition coefficient (Wildman–Crippen LogP) is 2.80. The molecule has 0 radical (unpaired) electrons. The van der Waals surface area contributed by atoms with E-state index in [1.54, 1.807) is 23.2 Å². The molecule has 2 aromatic heterocycles. The maximum absolute atomic E-state index is 11.5. The molecule has 2 N–H and O–H groups in total. The molecular formula is C16H17N3O2. The number of aromatic nitrogens is 2. The maximum Gasteiger partial charge on any atom is 0.330 e. The molecule has 5 heteroatoms. The van der Waals surface area contributed by atoms with Crippen LogP contribution >= 0.6 is 0 Å². The number of hydrogen-bond acceptors (Lipinski definition) is 3. The quantitative estimate of drug-likeness (QED) is 0.757. The van der Waals surface area contributed by atoms with Gasteiger partial charge in [0.2, 0.25) is 0 Å². The smallest absolute Gasteiger partial charge is 0.330 e. The van der Waals surface area contributed by atoms with Gasteiger partial charge >= 0.3 is 5.69 Å². The van der Waals surface area contributed by atoms with Crippen LogP contribution in [0.4, 0.5) is 5.69 Å². The molecule has 0 aliphatic heterocycles. The lowest BCUT2D eigenvalue weighted by Gasteiger charge is -2.14. The van der Waals surface area contributed by atoms with Crippen molar-refractivity contribution in [3.8, 4) is 5.69 Å². The van der Waals surface area contributed by atoms with Crippen LogP contribution in [0.3, 0.4) is 0 Å². The number of furan rings is 1. The maximum atomic E-state index is 11.5. The number of rotatable bonds is 5. The van der Waals surface area contributed by atoms with Gasteiger partial charge < -0.3 is 14.7 Å². The van der Waals surface area contributed by atoms with E-state index in [2.05, 4.69) is 17.2 Å². The van der Waals surface area contributed by atoms with Crippen LogP contribution in [0.1, 0.15) is 12.7 Å². The Kier molecular flexibility index (Phi) is 3.64. The van der Waals surface area contributed by atoms with Crippen molar-refractivity contribution in [2.24, 2.45) is 0 Å². The van der Waals surface area contributed by atoms with Crippen molar-refractivity contribution in [2.75, 3.05) is 5.32 Å². The van der Waals surface area contributed by atoms with Crippen molar-refractivity contribution in [3.63, 3.8) is 0 Å². The summed E-state index contributed by atoms with van der Waals surface area (Å²) in [7, 11) is 0. The minimum atomic E-state index is -0.137. The Morgan fingerprint density at radius 3 is 2.71 bits per heavy atom. The summed E-state index contributed by atoms with van der Waals surface area (Å²) >= 11 is 0. The third-order valence-electron chi connectivity index (χ3n) is 3.30. The third kappa shape index (κ3) is 3.08. The number of anilines is 1. The van der Waals surface area contributed by atoms with Gasteiger partial charge in [-0.25, -0.2) is 4.79 Å². The Morgan fingerprint density at radius 1 is 1.29 bits per heavy atom. The molecule has 1 unspecified atom stereocenters. The van der Waals surface area contributed by atoms with E-state index >= 15 is 0 Å². The molecule has 0 fully saturated rings. The molecule has 0 saturated heterocycles. The Labute approximate surface area is 122 Å². The first-order valence-electron chi connectivity index (χ1n) is 6.88. The number of nitrogens with zero attached hydrogens (tertiary/aromatic N) is 1. The predicted molar refractivity (Wildman–Crippen MR) is 81.9 cm³/mol. The summed E-state index contributed by atoms with van der Waals surface area (Å²) < 4.78 is 6.91. The number of nitrogens with one attached hydrogen (secondary N) is 2. The highest BCUT2D eigenvalue weighted by atomic mass is 16.3. The highest BCUT2D eigenvalue weighted by Gasteiger charge is 2.06. The van der Waals surface area contributed by atoms with Crippen LogP contribution in [0.15, 0.2) is 64.3 Å². The van der Waals surface area contributed by atoms with Crippen LogP contribution in [0, 0.1) is 0 Å². The fourth-order valence-electron chi connectivity index (χ4n) is 2.31. The van der Waals surface area contributed by atoms with Crippen molar-refractivity contribution in [1.29, 1.82) is 0 Å². The second-order valence-corrected chi connectivity index (χ2v) is 5.01. The molecule has 0 aliphatic rings. The second kappa shape index (κ2) is 5.75. The molecule has 0 bridgehead atoms. The summed E-state index contributed by atoms with van der Waals surface area (Å²) in [6.07, 6.45) is 5.85. The van der Waals surface area contributed by atoms with Crippen molar-refractivity contribution in [2.45, 2.75) is 19.4 Å². The Bertz CT molecular complexity index is 738. The van der Waals surface area contributed by atoms with Gasteiger partial charge in [-0.05, 0) is 43.3 Å². The molecule has 1 atom stereocenters. The van der Waals surface area contributed by atoms with Crippen molar-refractivity contribution >= 4 is 5.69 Å². The second-order valence-electron chi connectivity index (χ2n) is 5.01. The van der Waals surface area contributed by atoms with Gasteiger partial charge in [0.25, 0.3) is 0 Å². The lowest BCUT2D eigenvalue weighted by Crippen LogP contribution is -2.18. The Morgan fingerprint density at radius 2 is 2.10 bits per heavy atom. The van der Waals surface area contributed by atoms with Crippen LogP contribution in [-0.2, 0) is 6.42 Å². The molecule has 1 aromatic carbocycles. The average molecular weight is 283 g/mol. The zero-order valence-electron chi connectivity index (χ0n) is 11.7. The summed E-state index contributed by atoms with van der Waals surface area (Å²) in [5, 5.41) is 3.41. The zero-order valence-corrected chi connectivity index (χ0v) is 11.7. The van der Waals surface area contributed by atoms with Crippen LogP contribution in [0.5, 0.6) is 0 Å². The molecule has 0 aliphatic carbocycles. The summed E-state index contributed by atoms with van der Waals surface area (Å²) in [4.78, 5) is 14.2. The minimum Gasteiger partial charge on any atom is -0.469 e.